The summed E-state index contributed by atoms with van der Waals surface area (Å²) in [6.07, 6.45) is 8.47. The topological polar surface area (TPSA) is 12.0 Å². The van der Waals surface area contributed by atoms with Gasteiger partial charge in [-0.15, -0.1) is 0 Å². The molecule has 1 aliphatic rings. The SMILES string of the molecule is Cc1ccc(C(C)NCC2CC=CCC2)c(C)c1. The smallest absolute Gasteiger partial charge is 0.0294 e. The molecule has 2 unspecified atom stereocenters. The number of benzene rings is 1. The van der Waals surface area contributed by atoms with Crippen molar-refractivity contribution in [1.82, 2.24) is 5.32 Å². The molecule has 0 spiro atoms. The summed E-state index contributed by atoms with van der Waals surface area (Å²) in [5.41, 5.74) is 4.19. The van der Waals surface area contributed by atoms with Crippen molar-refractivity contribution in [2.24, 2.45) is 5.92 Å². The van der Waals surface area contributed by atoms with E-state index in [1.807, 2.05) is 0 Å². The quantitative estimate of drug-likeness (QED) is 0.777. The van der Waals surface area contributed by atoms with Gasteiger partial charge in [0, 0.05) is 6.04 Å². The van der Waals surface area contributed by atoms with Crippen molar-refractivity contribution in [2.75, 3.05) is 6.54 Å². The first-order valence-corrected chi connectivity index (χ1v) is 7.12. The molecule has 18 heavy (non-hydrogen) atoms. The number of rotatable bonds is 4. The maximum atomic E-state index is 3.70. The van der Waals surface area contributed by atoms with Crippen LogP contribution in [0.5, 0.6) is 0 Å². The molecule has 98 valence electrons. The highest BCUT2D eigenvalue weighted by Crippen LogP contribution is 2.21. The van der Waals surface area contributed by atoms with Crippen molar-refractivity contribution in [2.45, 2.75) is 46.1 Å². The van der Waals surface area contributed by atoms with Gasteiger partial charge in [-0.3, -0.25) is 0 Å². The van der Waals surface area contributed by atoms with Crippen LogP contribution in [-0.4, -0.2) is 6.54 Å². The first-order chi connectivity index (χ1) is 8.66. The molecule has 1 N–H and O–H groups in total. The second kappa shape index (κ2) is 6.19. The fraction of sp³-hybridized carbons (Fsp3) is 0.529. The van der Waals surface area contributed by atoms with Crippen LogP contribution in [0.2, 0.25) is 0 Å². The Morgan fingerprint density at radius 2 is 2.11 bits per heavy atom. The van der Waals surface area contributed by atoms with Crippen LogP contribution in [0.4, 0.5) is 0 Å². The summed E-state index contributed by atoms with van der Waals surface area (Å²) < 4.78 is 0. The largest absolute Gasteiger partial charge is 0.310 e. The zero-order valence-electron chi connectivity index (χ0n) is 11.9. The molecule has 0 amide bonds. The predicted octanol–water partition coefficient (Wildman–Crippen LogP) is 4.31. The summed E-state index contributed by atoms with van der Waals surface area (Å²) >= 11 is 0. The van der Waals surface area contributed by atoms with Gasteiger partial charge in [0.05, 0.1) is 0 Å². The number of aryl methyl sites for hydroxylation is 2. The minimum atomic E-state index is 0.455. The second-order valence-corrected chi connectivity index (χ2v) is 5.64. The van der Waals surface area contributed by atoms with Crippen LogP contribution in [0, 0.1) is 19.8 Å². The summed E-state index contributed by atoms with van der Waals surface area (Å²) in [6.45, 7) is 7.78. The average Bonchev–Trinajstić information content (AvgIpc) is 2.37. The predicted molar refractivity (Wildman–Crippen MR) is 78.8 cm³/mol. The molecule has 0 aliphatic heterocycles. The Bertz CT molecular complexity index is 420. The van der Waals surface area contributed by atoms with Gasteiger partial charge in [-0.2, -0.15) is 0 Å². The summed E-state index contributed by atoms with van der Waals surface area (Å²) in [5, 5.41) is 3.70. The third-order valence-corrected chi connectivity index (χ3v) is 3.98. The van der Waals surface area contributed by atoms with E-state index in [0.717, 1.165) is 12.5 Å². The summed E-state index contributed by atoms with van der Waals surface area (Å²) in [4.78, 5) is 0. The molecule has 1 nitrogen and oxygen atoms in total. The molecule has 0 fully saturated rings. The van der Waals surface area contributed by atoms with E-state index in [9.17, 15) is 0 Å². The number of allylic oxidation sites excluding steroid dienone is 2. The minimum absolute atomic E-state index is 0.455. The lowest BCUT2D eigenvalue weighted by atomic mass is 9.93. The Kier molecular flexibility index (Phi) is 4.60. The molecule has 0 aromatic heterocycles. The van der Waals surface area contributed by atoms with Gasteiger partial charge in [0.1, 0.15) is 0 Å². The van der Waals surface area contributed by atoms with E-state index in [1.54, 1.807) is 0 Å². The maximum absolute atomic E-state index is 3.70. The van der Waals surface area contributed by atoms with Crippen molar-refractivity contribution < 1.29 is 0 Å². The molecule has 1 aliphatic carbocycles. The molecule has 2 atom stereocenters. The number of hydrogen-bond donors (Lipinski definition) is 1. The lowest BCUT2D eigenvalue weighted by Gasteiger charge is -2.22. The normalized spacial score (nSPS) is 20.9. The van der Waals surface area contributed by atoms with Crippen LogP contribution in [-0.2, 0) is 0 Å². The molecular weight excluding hydrogens is 218 g/mol. The molecule has 0 heterocycles. The van der Waals surface area contributed by atoms with Crippen LogP contribution in [0.3, 0.4) is 0 Å². The van der Waals surface area contributed by atoms with E-state index in [1.165, 1.54) is 36.0 Å². The lowest BCUT2D eigenvalue weighted by molar-refractivity contribution is 0.415. The first-order valence-electron chi connectivity index (χ1n) is 7.12. The van der Waals surface area contributed by atoms with E-state index in [-0.39, 0.29) is 0 Å². The highest BCUT2D eigenvalue weighted by Gasteiger charge is 2.13. The van der Waals surface area contributed by atoms with E-state index in [2.05, 4.69) is 56.4 Å². The Morgan fingerprint density at radius 1 is 1.28 bits per heavy atom. The zero-order chi connectivity index (χ0) is 13.0. The fourth-order valence-corrected chi connectivity index (χ4v) is 2.81. The monoisotopic (exact) mass is 243 g/mol. The summed E-state index contributed by atoms with van der Waals surface area (Å²) in [7, 11) is 0. The van der Waals surface area contributed by atoms with Crippen molar-refractivity contribution in [3.63, 3.8) is 0 Å². The van der Waals surface area contributed by atoms with Crippen LogP contribution in [0.25, 0.3) is 0 Å². The van der Waals surface area contributed by atoms with Gasteiger partial charge >= 0.3 is 0 Å². The van der Waals surface area contributed by atoms with Gasteiger partial charge in [-0.05, 0) is 63.6 Å². The summed E-state index contributed by atoms with van der Waals surface area (Å²) in [5.74, 6) is 0.822. The highest BCUT2D eigenvalue weighted by molar-refractivity contribution is 5.32. The Labute approximate surface area is 111 Å². The van der Waals surface area contributed by atoms with Crippen LogP contribution < -0.4 is 5.32 Å². The van der Waals surface area contributed by atoms with Crippen molar-refractivity contribution >= 4 is 0 Å². The molecule has 1 aromatic rings. The zero-order valence-corrected chi connectivity index (χ0v) is 11.9. The van der Waals surface area contributed by atoms with Gasteiger partial charge in [0.15, 0.2) is 0 Å². The fourth-order valence-electron chi connectivity index (χ4n) is 2.81. The highest BCUT2D eigenvalue weighted by atomic mass is 14.9. The minimum Gasteiger partial charge on any atom is -0.310 e. The van der Waals surface area contributed by atoms with E-state index >= 15 is 0 Å². The lowest BCUT2D eigenvalue weighted by Crippen LogP contribution is -2.26. The van der Waals surface area contributed by atoms with Crippen molar-refractivity contribution in [3.05, 3.63) is 47.0 Å². The van der Waals surface area contributed by atoms with Crippen LogP contribution in [0.15, 0.2) is 30.4 Å². The first kappa shape index (κ1) is 13.4. The van der Waals surface area contributed by atoms with Gasteiger partial charge < -0.3 is 5.32 Å². The van der Waals surface area contributed by atoms with Crippen molar-refractivity contribution in [1.29, 1.82) is 0 Å². The second-order valence-electron chi connectivity index (χ2n) is 5.64. The third-order valence-electron chi connectivity index (χ3n) is 3.98. The molecule has 0 saturated heterocycles. The Balaban J connectivity index is 1.90. The molecule has 1 aromatic carbocycles. The summed E-state index contributed by atoms with van der Waals surface area (Å²) in [6, 6.07) is 7.21. The van der Waals surface area contributed by atoms with Crippen LogP contribution in [0.1, 0.15) is 48.9 Å². The molecule has 0 bridgehead atoms. The average molecular weight is 243 g/mol. The van der Waals surface area contributed by atoms with Crippen LogP contribution >= 0.6 is 0 Å². The third kappa shape index (κ3) is 3.46. The Morgan fingerprint density at radius 3 is 2.78 bits per heavy atom. The van der Waals surface area contributed by atoms with E-state index in [0.29, 0.717) is 6.04 Å². The van der Waals surface area contributed by atoms with Gasteiger partial charge in [0.2, 0.25) is 0 Å². The molecule has 0 saturated carbocycles. The molecule has 2 rings (SSSR count). The van der Waals surface area contributed by atoms with E-state index < -0.39 is 0 Å². The molecule has 0 radical (unpaired) electrons. The number of nitrogens with one attached hydrogen (secondary N) is 1. The Hall–Kier alpha value is -1.08. The van der Waals surface area contributed by atoms with E-state index in [4.69, 9.17) is 0 Å². The number of hydrogen-bond acceptors (Lipinski definition) is 1. The van der Waals surface area contributed by atoms with Gasteiger partial charge in [0.25, 0.3) is 0 Å². The maximum Gasteiger partial charge on any atom is 0.0294 e. The molecule has 1 heteroatoms. The standard InChI is InChI=1S/C17H25N/c1-13-9-10-17(14(2)11-13)15(3)18-12-16-7-5-4-6-8-16/h4-5,9-11,15-16,18H,6-8,12H2,1-3H3. The van der Waals surface area contributed by atoms with Gasteiger partial charge in [-0.25, -0.2) is 0 Å². The molecular formula is C17H25N. The van der Waals surface area contributed by atoms with Gasteiger partial charge in [-0.1, -0.05) is 35.9 Å². The van der Waals surface area contributed by atoms with Crippen molar-refractivity contribution in [3.8, 4) is 0 Å².